The first-order valence-electron chi connectivity index (χ1n) is 6.27. The maximum Gasteiger partial charge on any atom is 0.232 e. The van der Waals surface area contributed by atoms with Crippen LogP contribution in [-0.4, -0.2) is 25.1 Å². The standard InChI is InChI=1S/C12H18BrN5O/c1-5-8(13)9-6-18(17-15-9)7-10-14-11(19-16-10)12(2,3)4/h6,8H,5,7H2,1-4H3. The number of nitrogens with zero attached hydrogens (tertiary/aromatic N) is 5. The van der Waals surface area contributed by atoms with Gasteiger partial charge >= 0.3 is 0 Å². The monoisotopic (exact) mass is 327 g/mol. The van der Waals surface area contributed by atoms with E-state index in [9.17, 15) is 0 Å². The van der Waals surface area contributed by atoms with Gasteiger partial charge in [-0.25, -0.2) is 4.68 Å². The molecule has 6 nitrogen and oxygen atoms in total. The smallest absolute Gasteiger partial charge is 0.232 e. The highest BCUT2D eigenvalue weighted by molar-refractivity contribution is 9.09. The van der Waals surface area contributed by atoms with Gasteiger partial charge in [-0.05, 0) is 6.42 Å². The van der Waals surface area contributed by atoms with Crippen molar-refractivity contribution in [2.75, 3.05) is 0 Å². The van der Waals surface area contributed by atoms with Gasteiger partial charge in [-0.1, -0.05) is 54.0 Å². The zero-order valence-corrected chi connectivity index (χ0v) is 13.2. The second-order valence-corrected chi connectivity index (χ2v) is 6.59. The minimum absolute atomic E-state index is 0.137. The minimum atomic E-state index is -0.137. The molecule has 0 aliphatic rings. The molecule has 0 fully saturated rings. The molecule has 0 aliphatic heterocycles. The fourth-order valence-electron chi connectivity index (χ4n) is 1.51. The summed E-state index contributed by atoms with van der Waals surface area (Å²) in [5, 5.41) is 12.2. The maximum absolute atomic E-state index is 5.24. The van der Waals surface area contributed by atoms with Gasteiger partial charge in [-0.3, -0.25) is 0 Å². The van der Waals surface area contributed by atoms with Gasteiger partial charge in [0.15, 0.2) is 5.82 Å². The predicted molar refractivity (Wildman–Crippen MR) is 74.1 cm³/mol. The Balaban J connectivity index is 2.09. The number of hydrogen-bond acceptors (Lipinski definition) is 5. The van der Waals surface area contributed by atoms with Crippen LogP contribution in [0.2, 0.25) is 0 Å². The summed E-state index contributed by atoms with van der Waals surface area (Å²) in [5.41, 5.74) is 0.782. The molecule has 1 unspecified atom stereocenters. The minimum Gasteiger partial charge on any atom is -0.339 e. The topological polar surface area (TPSA) is 69.6 Å². The molecule has 104 valence electrons. The summed E-state index contributed by atoms with van der Waals surface area (Å²) in [6, 6.07) is 0. The second-order valence-electron chi connectivity index (χ2n) is 5.48. The Labute approximate surface area is 120 Å². The van der Waals surface area contributed by atoms with Crippen LogP contribution >= 0.6 is 15.9 Å². The van der Waals surface area contributed by atoms with E-state index in [1.54, 1.807) is 4.68 Å². The summed E-state index contributed by atoms with van der Waals surface area (Å²) < 4.78 is 6.96. The van der Waals surface area contributed by atoms with Gasteiger partial charge in [0.1, 0.15) is 6.54 Å². The summed E-state index contributed by atoms with van der Waals surface area (Å²) in [6.45, 7) is 8.67. The summed E-state index contributed by atoms with van der Waals surface area (Å²) >= 11 is 3.55. The highest BCUT2D eigenvalue weighted by Gasteiger charge is 2.22. The van der Waals surface area contributed by atoms with E-state index in [-0.39, 0.29) is 10.2 Å². The first-order chi connectivity index (χ1) is 8.90. The molecule has 0 amide bonds. The average molecular weight is 328 g/mol. The molecular weight excluding hydrogens is 310 g/mol. The van der Waals surface area contributed by atoms with Gasteiger partial charge in [0.2, 0.25) is 5.89 Å². The molecule has 0 N–H and O–H groups in total. The highest BCUT2D eigenvalue weighted by Crippen LogP contribution is 2.23. The number of rotatable bonds is 4. The van der Waals surface area contributed by atoms with Crippen molar-refractivity contribution in [3.8, 4) is 0 Å². The molecule has 0 radical (unpaired) electrons. The van der Waals surface area contributed by atoms with Crippen LogP contribution in [0.5, 0.6) is 0 Å². The van der Waals surface area contributed by atoms with Crippen molar-refractivity contribution in [2.45, 2.75) is 50.9 Å². The van der Waals surface area contributed by atoms with Crippen LogP contribution in [0.15, 0.2) is 10.7 Å². The molecule has 0 aliphatic carbocycles. The van der Waals surface area contributed by atoms with E-state index in [1.807, 2.05) is 27.0 Å². The van der Waals surface area contributed by atoms with Crippen LogP contribution in [0.1, 0.15) is 56.4 Å². The quantitative estimate of drug-likeness (QED) is 0.807. The van der Waals surface area contributed by atoms with Crippen LogP contribution in [0.3, 0.4) is 0 Å². The Morgan fingerprint density at radius 1 is 1.42 bits per heavy atom. The third-order valence-electron chi connectivity index (χ3n) is 2.65. The molecule has 2 heterocycles. The molecule has 0 bridgehead atoms. The molecule has 7 heteroatoms. The molecule has 0 saturated carbocycles. The van der Waals surface area contributed by atoms with Crippen LogP contribution in [-0.2, 0) is 12.0 Å². The van der Waals surface area contributed by atoms with Crippen LogP contribution in [0, 0.1) is 0 Å². The van der Waals surface area contributed by atoms with E-state index in [1.165, 1.54) is 0 Å². The van der Waals surface area contributed by atoms with Crippen molar-refractivity contribution >= 4 is 15.9 Å². The Hall–Kier alpha value is -1.24. The van der Waals surface area contributed by atoms with Gasteiger partial charge in [0.05, 0.1) is 16.7 Å². The van der Waals surface area contributed by atoms with E-state index in [2.05, 4.69) is 43.3 Å². The molecule has 0 aromatic carbocycles. The highest BCUT2D eigenvalue weighted by atomic mass is 79.9. The largest absolute Gasteiger partial charge is 0.339 e. The number of hydrogen-bond donors (Lipinski definition) is 0. The zero-order valence-electron chi connectivity index (χ0n) is 11.6. The Bertz CT molecular complexity index is 542. The summed E-state index contributed by atoms with van der Waals surface area (Å²) in [4.78, 5) is 4.61. The van der Waals surface area contributed by atoms with E-state index < -0.39 is 0 Å². The van der Waals surface area contributed by atoms with E-state index in [4.69, 9.17) is 4.52 Å². The lowest BCUT2D eigenvalue weighted by Gasteiger charge is -2.10. The van der Waals surface area contributed by atoms with E-state index in [0.29, 0.717) is 18.3 Å². The van der Waals surface area contributed by atoms with E-state index >= 15 is 0 Å². The first kappa shape index (κ1) is 14.2. The van der Waals surface area contributed by atoms with Gasteiger partial charge in [0, 0.05) is 5.41 Å². The molecule has 0 saturated heterocycles. The van der Waals surface area contributed by atoms with Gasteiger partial charge in [0.25, 0.3) is 0 Å². The number of halogens is 1. The van der Waals surface area contributed by atoms with Crippen molar-refractivity contribution in [3.63, 3.8) is 0 Å². The lowest BCUT2D eigenvalue weighted by molar-refractivity contribution is 0.317. The van der Waals surface area contributed by atoms with Crippen molar-refractivity contribution in [2.24, 2.45) is 0 Å². The summed E-state index contributed by atoms with van der Waals surface area (Å²) in [5.74, 6) is 1.25. The van der Waals surface area contributed by atoms with Crippen LogP contribution in [0.25, 0.3) is 0 Å². The first-order valence-corrected chi connectivity index (χ1v) is 7.19. The van der Waals surface area contributed by atoms with E-state index in [0.717, 1.165) is 12.1 Å². The third-order valence-corrected chi connectivity index (χ3v) is 3.77. The van der Waals surface area contributed by atoms with Gasteiger partial charge < -0.3 is 4.52 Å². The lowest BCUT2D eigenvalue weighted by Crippen LogP contribution is -2.12. The fraction of sp³-hybridized carbons (Fsp3) is 0.667. The fourth-order valence-corrected chi connectivity index (χ4v) is 1.72. The second kappa shape index (κ2) is 5.40. The normalized spacial score (nSPS) is 13.7. The number of alkyl halides is 1. The lowest BCUT2D eigenvalue weighted by atomic mass is 9.97. The average Bonchev–Trinajstić information content (AvgIpc) is 2.97. The Kier molecular flexibility index (Phi) is 4.03. The van der Waals surface area contributed by atoms with Crippen molar-refractivity contribution in [3.05, 3.63) is 23.6 Å². The van der Waals surface area contributed by atoms with Crippen molar-refractivity contribution in [1.29, 1.82) is 0 Å². The molecule has 1 atom stereocenters. The Morgan fingerprint density at radius 2 is 2.16 bits per heavy atom. The van der Waals surface area contributed by atoms with Crippen LogP contribution in [0.4, 0.5) is 0 Å². The van der Waals surface area contributed by atoms with Gasteiger partial charge in [-0.15, -0.1) is 5.10 Å². The van der Waals surface area contributed by atoms with Crippen molar-refractivity contribution in [1.82, 2.24) is 25.1 Å². The van der Waals surface area contributed by atoms with Gasteiger partial charge in [-0.2, -0.15) is 4.98 Å². The maximum atomic E-state index is 5.24. The molecule has 19 heavy (non-hydrogen) atoms. The molecular formula is C12H18BrN5O. The predicted octanol–water partition coefficient (Wildman–Crippen LogP) is 2.85. The zero-order chi connectivity index (χ0) is 14.0. The molecule has 2 aromatic rings. The van der Waals surface area contributed by atoms with Crippen LogP contribution < -0.4 is 0 Å². The molecule has 2 aromatic heterocycles. The molecule has 0 spiro atoms. The summed E-state index contributed by atoms with van der Waals surface area (Å²) in [6.07, 6.45) is 2.87. The van der Waals surface area contributed by atoms with Crippen molar-refractivity contribution < 1.29 is 4.52 Å². The SMILES string of the molecule is CCC(Br)c1cn(Cc2noc(C(C)(C)C)n2)nn1. The summed E-state index contributed by atoms with van der Waals surface area (Å²) in [7, 11) is 0. The number of aromatic nitrogens is 5. The Morgan fingerprint density at radius 3 is 2.74 bits per heavy atom. The molecule has 2 rings (SSSR count). The third kappa shape index (κ3) is 3.40.